The fourth-order valence-corrected chi connectivity index (χ4v) is 4.52. The molecule has 0 saturated heterocycles. The molecule has 34 heavy (non-hydrogen) atoms. The number of rotatable bonds is 10. The lowest BCUT2D eigenvalue weighted by Crippen LogP contribution is -2.54. The third-order valence-electron chi connectivity index (χ3n) is 6.38. The number of likely N-dealkylation sites (N-methyl/N-ethyl adjacent to an activating group) is 1. The Hall–Kier alpha value is -3.39. The van der Waals surface area contributed by atoms with Gasteiger partial charge in [-0.1, -0.05) is 61.4 Å². The maximum atomic E-state index is 12.9. The van der Waals surface area contributed by atoms with Gasteiger partial charge in [-0.2, -0.15) is 0 Å². The van der Waals surface area contributed by atoms with Gasteiger partial charge in [0.1, 0.15) is 18.7 Å². The SMILES string of the molecule is CN(C)C[C@H](NC(=O)[C@H](CC1CC1)NC(=O)OCC1c2ccccc2-c2ccccc21)C(=O)O. The van der Waals surface area contributed by atoms with Crippen LogP contribution in [0.2, 0.25) is 0 Å². The molecule has 1 fully saturated rings. The largest absolute Gasteiger partial charge is 0.480 e. The number of carboxylic acid groups (broad SMARTS) is 1. The van der Waals surface area contributed by atoms with E-state index >= 15 is 0 Å². The smallest absolute Gasteiger partial charge is 0.407 e. The van der Waals surface area contributed by atoms with Crippen molar-refractivity contribution in [2.45, 2.75) is 37.3 Å². The highest BCUT2D eigenvalue weighted by Gasteiger charge is 2.34. The number of fused-ring (bicyclic) bond motifs is 3. The number of hydrogen-bond donors (Lipinski definition) is 3. The van der Waals surface area contributed by atoms with E-state index in [1.54, 1.807) is 19.0 Å². The van der Waals surface area contributed by atoms with Gasteiger partial charge < -0.3 is 25.4 Å². The lowest BCUT2D eigenvalue weighted by Gasteiger charge is -2.23. The predicted molar refractivity (Wildman–Crippen MR) is 127 cm³/mol. The molecule has 0 radical (unpaired) electrons. The molecular weight excluding hydrogens is 434 g/mol. The Kier molecular flexibility index (Phi) is 7.17. The summed E-state index contributed by atoms with van der Waals surface area (Å²) in [7, 11) is 3.47. The molecule has 2 aromatic rings. The Morgan fingerprint density at radius 1 is 0.971 bits per heavy atom. The molecule has 2 aliphatic rings. The maximum absolute atomic E-state index is 12.9. The molecular formula is C26H31N3O5. The number of nitrogens with one attached hydrogen (secondary N) is 2. The molecule has 3 N–H and O–H groups in total. The first kappa shape index (κ1) is 23.8. The van der Waals surface area contributed by atoms with E-state index in [9.17, 15) is 19.5 Å². The second-order valence-electron chi connectivity index (χ2n) is 9.36. The zero-order valence-electron chi connectivity index (χ0n) is 19.5. The van der Waals surface area contributed by atoms with E-state index in [2.05, 4.69) is 22.8 Å². The quantitative estimate of drug-likeness (QED) is 0.498. The molecule has 2 atom stereocenters. The monoisotopic (exact) mass is 465 g/mol. The Morgan fingerprint density at radius 3 is 2.09 bits per heavy atom. The van der Waals surface area contributed by atoms with Crippen LogP contribution in [-0.2, 0) is 14.3 Å². The highest BCUT2D eigenvalue weighted by Crippen LogP contribution is 2.44. The van der Waals surface area contributed by atoms with E-state index < -0.39 is 30.1 Å². The first-order chi connectivity index (χ1) is 16.3. The molecule has 8 nitrogen and oxygen atoms in total. The molecule has 0 spiro atoms. The minimum absolute atomic E-state index is 0.0784. The second-order valence-corrected chi connectivity index (χ2v) is 9.36. The van der Waals surface area contributed by atoms with Gasteiger partial charge in [0.15, 0.2) is 0 Å². The van der Waals surface area contributed by atoms with Crippen molar-refractivity contribution in [1.82, 2.24) is 15.5 Å². The van der Waals surface area contributed by atoms with Crippen LogP contribution in [0.4, 0.5) is 4.79 Å². The van der Waals surface area contributed by atoms with Crippen molar-refractivity contribution in [1.29, 1.82) is 0 Å². The summed E-state index contributed by atoms with van der Waals surface area (Å²) in [6, 6.07) is 14.2. The molecule has 0 aliphatic heterocycles. The summed E-state index contributed by atoms with van der Waals surface area (Å²) in [6.45, 7) is 0.304. The normalized spacial score (nSPS) is 16.3. The summed E-state index contributed by atoms with van der Waals surface area (Å²) >= 11 is 0. The van der Waals surface area contributed by atoms with Crippen molar-refractivity contribution >= 4 is 18.0 Å². The molecule has 180 valence electrons. The van der Waals surface area contributed by atoms with Crippen molar-refractivity contribution in [3.05, 3.63) is 59.7 Å². The summed E-state index contributed by atoms with van der Waals surface area (Å²) in [6.07, 6.45) is 1.78. The molecule has 2 amide bonds. The Bertz CT molecular complexity index is 1020. The minimum Gasteiger partial charge on any atom is -0.480 e. The van der Waals surface area contributed by atoms with Gasteiger partial charge in [0.2, 0.25) is 5.91 Å². The van der Waals surface area contributed by atoms with Gasteiger partial charge in [0.05, 0.1) is 0 Å². The van der Waals surface area contributed by atoms with Gasteiger partial charge in [0, 0.05) is 12.5 Å². The van der Waals surface area contributed by atoms with Crippen LogP contribution in [0.5, 0.6) is 0 Å². The van der Waals surface area contributed by atoms with Gasteiger partial charge in [-0.25, -0.2) is 9.59 Å². The average Bonchev–Trinajstić information content (AvgIpc) is 3.57. The molecule has 4 rings (SSSR count). The number of hydrogen-bond acceptors (Lipinski definition) is 5. The zero-order chi connectivity index (χ0) is 24.2. The number of ether oxygens (including phenoxy) is 1. The molecule has 0 heterocycles. The molecule has 1 saturated carbocycles. The van der Waals surface area contributed by atoms with Gasteiger partial charge in [-0.3, -0.25) is 4.79 Å². The van der Waals surface area contributed by atoms with Crippen LogP contribution >= 0.6 is 0 Å². The van der Waals surface area contributed by atoms with E-state index in [-0.39, 0.29) is 19.1 Å². The summed E-state index contributed by atoms with van der Waals surface area (Å²) in [5.41, 5.74) is 4.49. The molecule has 2 aliphatic carbocycles. The number of carbonyl (C=O) groups is 3. The predicted octanol–water partition coefficient (Wildman–Crippen LogP) is 2.82. The van der Waals surface area contributed by atoms with Crippen molar-refractivity contribution in [2.24, 2.45) is 5.92 Å². The highest BCUT2D eigenvalue weighted by molar-refractivity contribution is 5.89. The van der Waals surface area contributed by atoms with Gasteiger partial charge in [-0.05, 0) is 48.7 Å². The molecule has 0 unspecified atom stereocenters. The first-order valence-corrected chi connectivity index (χ1v) is 11.6. The minimum atomic E-state index is -1.12. The van der Waals surface area contributed by atoms with Crippen LogP contribution in [0.3, 0.4) is 0 Å². The third-order valence-corrected chi connectivity index (χ3v) is 6.38. The number of amides is 2. The highest BCUT2D eigenvalue weighted by atomic mass is 16.5. The van der Waals surface area contributed by atoms with E-state index in [1.165, 1.54) is 0 Å². The van der Waals surface area contributed by atoms with Crippen LogP contribution in [0.1, 0.15) is 36.3 Å². The van der Waals surface area contributed by atoms with E-state index in [1.807, 2.05) is 36.4 Å². The molecule has 2 aromatic carbocycles. The Labute approximate surface area is 199 Å². The molecule has 8 heteroatoms. The topological polar surface area (TPSA) is 108 Å². The molecule has 0 bridgehead atoms. The van der Waals surface area contributed by atoms with Crippen LogP contribution in [0.25, 0.3) is 11.1 Å². The van der Waals surface area contributed by atoms with E-state index in [0.29, 0.717) is 12.3 Å². The van der Waals surface area contributed by atoms with Crippen LogP contribution in [0, 0.1) is 5.92 Å². The fraction of sp³-hybridized carbons (Fsp3) is 0.423. The van der Waals surface area contributed by atoms with Crippen LogP contribution in [0.15, 0.2) is 48.5 Å². The van der Waals surface area contributed by atoms with E-state index in [0.717, 1.165) is 35.1 Å². The lowest BCUT2D eigenvalue weighted by molar-refractivity contribution is -0.142. The zero-order valence-corrected chi connectivity index (χ0v) is 19.5. The fourth-order valence-electron chi connectivity index (χ4n) is 4.52. The van der Waals surface area contributed by atoms with Crippen molar-refractivity contribution in [3.63, 3.8) is 0 Å². The molecule has 0 aromatic heterocycles. The van der Waals surface area contributed by atoms with Crippen LogP contribution in [-0.4, -0.2) is 67.3 Å². The number of benzene rings is 2. The number of nitrogens with zero attached hydrogens (tertiary/aromatic N) is 1. The Balaban J connectivity index is 1.40. The van der Waals surface area contributed by atoms with E-state index in [4.69, 9.17) is 4.74 Å². The number of carboxylic acids is 1. The summed E-state index contributed by atoms with van der Waals surface area (Å²) in [5, 5.41) is 14.7. The number of carbonyl (C=O) groups excluding carboxylic acids is 2. The lowest BCUT2D eigenvalue weighted by atomic mass is 9.98. The van der Waals surface area contributed by atoms with Crippen LogP contribution < -0.4 is 10.6 Å². The first-order valence-electron chi connectivity index (χ1n) is 11.6. The van der Waals surface area contributed by atoms with Gasteiger partial charge in [-0.15, -0.1) is 0 Å². The van der Waals surface area contributed by atoms with Crippen molar-refractivity contribution in [2.75, 3.05) is 27.2 Å². The van der Waals surface area contributed by atoms with Crippen molar-refractivity contribution in [3.8, 4) is 11.1 Å². The summed E-state index contributed by atoms with van der Waals surface area (Å²) in [4.78, 5) is 38.8. The second kappa shape index (κ2) is 10.3. The maximum Gasteiger partial charge on any atom is 0.407 e. The number of alkyl carbamates (subject to hydrolysis) is 1. The third kappa shape index (κ3) is 5.56. The number of aliphatic carboxylic acids is 1. The summed E-state index contributed by atoms with van der Waals surface area (Å²) in [5.74, 6) is -1.35. The van der Waals surface area contributed by atoms with Gasteiger partial charge >= 0.3 is 12.1 Å². The standard InChI is InChI=1S/C26H31N3O5/c1-29(2)14-23(25(31)32)27-24(30)22(13-16-11-12-16)28-26(33)34-15-21-19-9-5-3-7-17(19)18-8-4-6-10-20(18)21/h3-10,16,21-23H,11-15H2,1-2H3,(H,27,30)(H,28,33)(H,31,32)/t22-,23-/m0/s1. The van der Waals surface area contributed by atoms with Crippen molar-refractivity contribution < 1.29 is 24.2 Å². The van der Waals surface area contributed by atoms with Gasteiger partial charge in [0.25, 0.3) is 0 Å². The summed E-state index contributed by atoms with van der Waals surface area (Å²) < 4.78 is 5.58. The Morgan fingerprint density at radius 2 is 1.56 bits per heavy atom. The average molecular weight is 466 g/mol.